The zero-order valence-corrected chi connectivity index (χ0v) is 11.5. The topological polar surface area (TPSA) is 67.5 Å². The van der Waals surface area contributed by atoms with Crippen molar-refractivity contribution in [2.45, 2.75) is 31.7 Å². The average Bonchev–Trinajstić information content (AvgIpc) is 2.92. The van der Waals surface area contributed by atoms with E-state index in [0.717, 1.165) is 12.8 Å². The van der Waals surface area contributed by atoms with Crippen molar-refractivity contribution in [2.75, 3.05) is 5.88 Å². The van der Waals surface area contributed by atoms with Gasteiger partial charge in [-0.3, -0.25) is 4.79 Å². The fourth-order valence-corrected chi connectivity index (χ4v) is 2.28. The average molecular weight is 280 g/mol. The van der Waals surface area contributed by atoms with Gasteiger partial charge in [-0.05, 0) is 37.1 Å². The van der Waals surface area contributed by atoms with Crippen LogP contribution in [0.15, 0.2) is 29.3 Å². The molecule has 0 saturated heterocycles. The summed E-state index contributed by atoms with van der Waals surface area (Å²) in [5.74, 6) is 0.543. The molecule has 0 radical (unpaired) electrons. The molecule has 1 fully saturated rings. The molecule has 1 saturated carbocycles. The molecular formula is C14H18ClN3O. The summed E-state index contributed by atoms with van der Waals surface area (Å²) in [6, 6.07) is 7.37. The summed E-state index contributed by atoms with van der Waals surface area (Å²) in [4.78, 5) is 16.1. The molecule has 0 unspecified atom stereocenters. The van der Waals surface area contributed by atoms with Crippen molar-refractivity contribution in [3.05, 3.63) is 29.8 Å². The summed E-state index contributed by atoms with van der Waals surface area (Å²) in [6.07, 6.45) is 4.58. The smallest absolute Gasteiger partial charge is 0.251 e. The molecule has 0 bridgehead atoms. The second-order valence-corrected chi connectivity index (χ2v) is 5.01. The maximum atomic E-state index is 12.0. The minimum absolute atomic E-state index is 0.0206. The van der Waals surface area contributed by atoms with E-state index in [2.05, 4.69) is 10.3 Å². The maximum Gasteiger partial charge on any atom is 0.251 e. The van der Waals surface area contributed by atoms with E-state index in [-0.39, 0.29) is 11.8 Å². The number of rotatable bonds is 4. The van der Waals surface area contributed by atoms with Gasteiger partial charge >= 0.3 is 0 Å². The second-order valence-electron chi connectivity index (χ2n) is 4.74. The van der Waals surface area contributed by atoms with Crippen LogP contribution in [0.4, 0.5) is 5.69 Å². The quantitative estimate of drug-likeness (QED) is 0.505. The van der Waals surface area contributed by atoms with Gasteiger partial charge in [0.1, 0.15) is 5.84 Å². The number of hydrogen-bond donors (Lipinski definition) is 2. The molecule has 19 heavy (non-hydrogen) atoms. The van der Waals surface area contributed by atoms with Crippen LogP contribution < -0.4 is 11.1 Å². The van der Waals surface area contributed by atoms with Crippen molar-refractivity contribution in [3.63, 3.8) is 0 Å². The molecular weight excluding hydrogens is 262 g/mol. The molecule has 1 aliphatic rings. The first-order valence-corrected chi connectivity index (χ1v) is 7.02. The molecule has 2 rings (SSSR count). The molecule has 102 valence electrons. The van der Waals surface area contributed by atoms with E-state index in [9.17, 15) is 4.79 Å². The van der Waals surface area contributed by atoms with Gasteiger partial charge in [-0.1, -0.05) is 12.8 Å². The van der Waals surface area contributed by atoms with Gasteiger partial charge in [-0.15, -0.1) is 11.6 Å². The van der Waals surface area contributed by atoms with Crippen LogP contribution in [0, 0.1) is 0 Å². The summed E-state index contributed by atoms with van der Waals surface area (Å²) in [5, 5.41) is 3.05. The van der Waals surface area contributed by atoms with Crippen LogP contribution in [0.1, 0.15) is 36.0 Å². The fraction of sp³-hybridized carbons (Fsp3) is 0.429. The Kier molecular flexibility index (Phi) is 4.80. The van der Waals surface area contributed by atoms with Crippen LogP contribution in [0.2, 0.25) is 0 Å². The molecule has 0 atom stereocenters. The minimum Gasteiger partial charge on any atom is -0.386 e. The molecule has 0 aromatic heterocycles. The number of aliphatic imine (C=N–C) groups is 1. The highest BCUT2D eigenvalue weighted by Gasteiger charge is 2.17. The van der Waals surface area contributed by atoms with E-state index >= 15 is 0 Å². The number of nitrogens with one attached hydrogen (secondary N) is 1. The summed E-state index contributed by atoms with van der Waals surface area (Å²) < 4.78 is 0. The molecule has 1 aromatic carbocycles. The molecule has 3 N–H and O–H groups in total. The van der Waals surface area contributed by atoms with Crippen LogP contribution in [0.3, 0.4) is 0 Å². The summed E-state index contributed by atoms with van der Waals surface area (Å²) in [7, 11) is 0. The van der Waals surface area contributed by atoms with Gasteiger partial charge in [0.05, 0.1) is 11.6 Å². The maximum absolute atomic E-state index is 12.0. The van der Waals surface area contributed by atoms with Crippen LogP contribution >= 0.6 is 11.6 Å². The van der Waals surface area contributed by atoms with Gasteiger partial charge in [0.2, 0.25) is 0 Å². The number of nitrogens with zero attached hydrogens (tertiary/aromatic N) is 1. The summed E-state index contributed by atoms with van der Waals surface area (Å²) in [5.41, 5.74) is 6.90. The van der Waals surface area contributed by atoms with E-state index < -0.39 is 0 Å². The third kappa shape index (κ3) is 3.96. The standard InChI is InChI=1S/C14H18ClN3O/c15-9-13(16)17-12-7-5-10(6-8-12)14(19)18-11-3-1-2-4-11/h5-8,11H,1-4,9H2,(H2,16,17)(H,18,19). The zero-order valence-electron chi connectivity index (χ0n) is 10.7. The predicted molar refractivity (Wildman–Crippen MR) is 78.2 cm³/mol. The number of hydrogen-bond acceptors (Lipinski definition) is 2. The van der Waals surface area contributed by atoms with Crippen molar-refractivity contribution in [2.24, 2.45) is 10.7 Å². The zero-order chi connectivity index (χ0) is 13.7. The Bertz CT molecular complexity index is 464. The number of carbonyl (C=O) groups excluding carboxylic acids is 1. The monoisotopic (exact) mass is 279 g/mol. The number of amidine groups is 1. The Morgan fingerprint density at radius 3 is 2.53 bits per heavy atom. The highest BCUT2D eigenvalue weighted by Crippen LogP contribution is 2.19. The number of amides is 1. The molecule has 0 heterocycles. The first kappa shape index (κ1) is 13.9. The molecule has 4 nitrogen and oxygen atoms in total. The third-order valence-corrected chi connectivity index (χ3v) is 3.50. The lowest BCUT2D eigenvalue weighted by Crippen LogP contribution is -2.32. The first-order chi connectivity index (χ1) is 9.19. The number of alkyl halides is 1. The Morgan fingerprint density at radius 1 is 1.32 bits per heavy atom. The van der Waals surface area contributed by atoms with E-state index in [0.29, 0.717) is 23.1 Å². The second kappa shape index (κ2) is 6.57. The highest BCUT2D eigenvalue weighted by atomic mass is 35.5. The van der Waals surface area contributed by atoms with Gasteiger partial charge in [0.25, 0.3) is 5.91 Å². The lowest BCUT2D eigenvalue weighted by molar-refractivity contribution is 0.0938. The molecule has 0 aliphatic heterocycles. The van der Waals surface area contributed by atoms with Gasteiger partial charge in [0.15, 0.2) is 0 Å². The lowest BCUT2D eigenvalue weighted by atomic mass is 10.1. The van der Waals surface area contributed by atoms with Gasteiger partial charge in [-0.2, -0.15) is 0 Å². The van der Waals surface area contributed by atoms with Gasteiger partial charge in [0, 0.05) is 11.6 Å². The number of carbonyl (C=O) groups is 1. The SMILES string of the molecule is NC(CCl)=Nc1ccc(C(=O)NC2CCCC2)cc1. The van der Waals surface area contributed by atoms with Crippen molar-refractivity contribution < 1.29 is 4.79 Å². The Balaban J connectivity index is 1.99. The van der Waals surface area contributed by atoms with Gasteiger partial charge < -0.3 is 11.1 Å². The molecule has 1 aliphatic carbocycles. The Morgan fingerprint density at radius 2 is 1.95 bits per heavy atom. The van der Waals surface area contributed by atoms with E-state index in [1.807, 2.05) is 0 Å². The predicted octanol–water partition coefficient (Wildman–Crippen LogP) is 2.59. The largest absolute Gasteiger partial charge is 0.386 e. The summed E-state index contributed by atoms with van der Waals surface area (Å²) in [6.45, 7) is 0. The molecule has 5 heteroatoms. The van der Waals surface area contributed by atoms with Crippen LogP contribution in [0.5, 0.6) is 0 Å². The number of benzene rings is 1. The van der Waals surface area contributed by atoms with E-state index in [4.69, 9.17) is 17.3 Å². The van der Waals surface area contributed by atoms with Gasteiger partial charge in [-0.25, -0.2) is 4.99 Å². The number of halogens is 1. The molecule has 0 spiro atoms. The highest BCUT2D eigenvalue weighted by molar-refractivity contribution is 6.28. The fourth-order valence-electron chi connectivity index (χ4n) is 2.22. The van der Waals surface area contributed by atoms with Crippen molar-refractivity contribution in [1.82, 2.24) is 5.32 Å². The molecule has 1 aromatic rings. The van der Waals surface area contributed by atoms with E-state index in [1.165, 1.54) is 12.8 Å². The van der Waals surface area contributed by atoms with Crippen molar-refractivity contribution in [1.29, 1.82) is 0 Å². The lowest BCUT2D eigenvalue weighted by Gasteiger charge is -2.11. The normalized spacial score (nSPS) is 16.6. The van der Waals surface area contributed by atoms with Crippen LogP contribution in [-0.2, 0) is 0 Å². The van der Waals surface area contributed by atoms with Crippen LogP contribution in [-0.4, -0.2) is 23.7 Å². The third-order valence-electron chi connectivity index (χ3n) is 3.23. The van der Waals surface area contributed by atoms with E-state index in [1.54, 1.807) is 24.3 Å². The van der Waals surface area contributed by atoms with Crippen LogP contribution in [0.25, 0.3) is 0 Å². The molecule has 1 amide bonds. The minimum atomic E-state index is -0.0206. The number of nitrogens with two attached hydrogens (primary N) is 1. The van der Waals surface area contributed by atoms with Crippen molar-refractivity contribution in [3.8, 4) is 0 Å². The summed E-state index contributed by atoms with van der Waals surface area (Å²) >= 11 is 5.56. The Hall–Kier alpha value is -1.55. The first-order valence-electron chi connectivity index (χ1n) is 6.49. The Labute approximate surface area is 118 Å². The van der Waals surface area contributed by atoms with Crippen molar-refractivity contribution >= 4 is 29.0 Å².